The van der Waals surface area contributed by atoms with E-state index in [-0.39, 0.29) is 0 Å². The van der Waals surface area contributed by atoms with Crippen molar-refractivity contribution >= 4 is 22.9 Å². The van der Waals surface area contributed by atoms with Crippen LogP contribution < -0.4 is 5.32 Å². The Balaban J connectivity index is 2.14. The van der Waals surface area contributed by atoms with Crippen LogP contribution in [-0.4, -0.2) is 18.1 Å². The van der Waals surface area contributed by atoms with Gasteiger partial charge in [0, 0.05) is 36.0 Å². The Labute approximate surface area is 135 Å². The van der Waals surface area contributed by atoms with E-state index in [9.17, 15) is 0 Å². The minimum atomic E-state index is 0.457. The lowest BCUT2D eigenvalue weighted by molar-refractivity contribution is 0.181. The van der Waals surface area contributed by atoms with Crippen LogP contribution in [0.5, 0.6) is 0 Å². The van der Waals surface area contributed by atoms with Gasteiger partial charge in [0.05, 0.1) is 17.3 Å². The topological polar surface area (TPSA) is 34.1 Å². The summed E-state index contributed by atoms with van der Waals surface area (Å²) < 4.78 is 5.25. The molecule has 1 aromatic heterocycles. The van der Waals surface area contributed by atoms with Crippen molar-refractivity contribution in [1.82, 2.24) is 10.3 Å². The first-order chi connectivity index (χ1) is 10.1. The highest BCUT2D eigenvalue weighted by atomic mass is 35.5. The zero-order chi connectivity index (χ0) is 15.2. The van der Waals surface area contributed by atoms with Gasteiger partial charge in [-0.25, -0.2) is 4.98 Å². The van der Waals surface area contributed by atoms with Gasteiger partial charge in [0.2, 0.25) is 0 Å². The molecule has 0 saturated carbocycles. The Morgan fingerprint density at radius 2 is 2.19 bits per heavy atom. The Morgan fingerprint density at radius 3 is 2.86 bits per heavy atom. The Morgan fingerprint density at radius 1 is 1.38 bits per heavy atom. The van der Waals surface area contributed by atoms with Crippen molar-refractivity contribution in [2.45, 2.75) is 39.5 Å². The second-order valence-corrected chi connectivity index (χ2v) is 6.86. The van der Waals surface area contributed by atoms with E-state index < -0.39 is 0 Å². The average molecular weight is 325 g/mol. The standard InChI is InChI=1S/C16H21ClN2OS/c1-11(2)18-9-15-14(10-20-3)19-16(21-15)8-12-5-4-6-13(17)7-12/h4-7,11,18H,8-10H2,1-3H3. The summed E-state index contributed by atoms with van der Waals surface area (Å²) in [5.74, 6) is 0. The van der Waals surface area contributed by atoms with Crippen LogP contribution in [0, 0.1) is 0 Å². The van der Waals surface area contributed by atoms with E-state index >= 15 is 0 Å². The fourth-order valence-corrected chi connectivity index (χ4v) is 3.29. The zero-order valence-corrected chi connectivity index (χ0v) is 14.2. The summed E-state index contributed by atoms with van der Waals surface area (Å²) in [4.78, 5) is 5.97. The van der Waals surface area contributed by atoms with Crippen LogP contribution in [0.3, 0.4) is 0 Å². The van der Waals surface area contributed by atoms with Gasteiger partial charge in [-0.1, -0.05) is 37.6 Å². The Hall–Kier alpha value is -0.940. The molecule has 1 heterocycles. The maximum atomic E-state index is 6.03. The number of ether oxygens (including phenoxy) is 1. The van der Waals surface area contributed by atoms with Gasteiger partial charge in [0.25, 0.3) is 0 Å². The van der Waals surface area contributed by atoms with E-state index in [1.807, 2.05) is 18.2 Å². The quantitative estimate of drug-likeness (QED) is 0.835. The molecular formula is C16H21ClN2OS. The van der Waals surface area contributed by atoms with Crippen LogP contribution in [0.1, 0.15) is 35.0 Å². The lowest BCUT2D eigenvalue weighted by atomic mass is 10.2. The van der Waals surface area contributed by atoms with Crippen molar-refractivity contribution in [3.05, 3.63) is 50.4 Å². The summed E-state index contributed by atoms with van der Waals surface area (Å²) in [7, 11) is 1.70. The summed E-state index contributed by atoms with van der Waals surface area (Å²) >= 11 is 7.78. The molecule has 0 aliphatic carbocycles. The second-order valence-electron chi connectivity index (χ2n) is 5.25. The molecule has 0 aliphatic rings. The van der Waals surface area contributed by atoms with Gasteiger partial charge in [0.15, 0.2) is 0 Å². The molecule has 2 rings (SSSR count). The van der Waals surface area contributed by atoms with E-state index in [1.165, 1.54) is 10.4 Å². The number of nitrogens with zero attached hydrogens (tertiary/aromatic N) is 1. The molecule has 114 valence electrons. The van der Waals surface area contributed by atoms with Crippen molar-refractivity contribution in [2.24, 2.45) is 0 Å². The zero-order valence-electron chi connectivity index (χ0n) is 12.6. The third kappa shape index (κ3) is 5.08. The molecule has 5 heteroatoms. The molecular weight excluding hydrogens is 304 g/mol. The van der Waals surface area contributed by atoms with Crippen LogP contribution in [0.4, 0.5) is 0 Å². The smallest absolute Gasteiger partial charge is 0.0976 e. The third-order valence-corrected chi connectivity index (χ3v) is 4.35. The number of benzene rings is 1. The highest BCUT2D eigenvalue weighted by Gasteiger charge is 2.12. The van der Waals surface area contributed by atoms with E-state index in [2.05, 4.69) is 25.2 Å². The highest BCUT2D eigenvalue weighted by Crippen LogP contribution is 2.23. The van der Waals surface area contributed by atoms with E-state index in [0.29, 0.717) is 12.6 Å². The first-order valence-electron chi connectivity index (χ1n) is 7.02. The molecule has 0 aliphatic heterocycles. The maximum absolute atomic E-state index is 6.03. The van der Waals surface area contributed by atoms with Gasteiger partial charge in [-0.05, 0) is 17.7 Å². The minimum absolute atomic E-state index is 0.457. The minimum Gasteiger partial charge on any atom is -0.378 e. The van der Waals surface area contributed by atoms with Crippen molar-refractivity contribution in [3.63, 3.8) is 0 Å². The number of rotatable bonds is 7. The van der Waals surface area contributed by atoms with Gasteiger partial charge in [0.1, 0.15) is 0 Å². The largest absolute Gasteiger partial charge is 0.378 e. The normalized spacial score (nSPS) is 11.3. The van der Waals surface area contributed by atoms with Crippen molar-refractivity contribution in [1.29, 1.82) is 0 Å². The van der Waals surface area contributed by atoms with Crippen molar-refractivity contribution < 1.29 is 4.74 Å². The Kier molecular flexibility index (Phi) is 6.18. The van der Waals surface area contributed by atoms with Crippen molar-refractivity contribution in [3.8, 4) is 0 Å². The average Bonchev–Trinajstić information content (AvgIpc) is 2.79. The maximum Gasteiger partial charge on any atom is 0.0976 e. The predicted molar refractivity (Wildman–Crippen MR) is 89.1 cm³/mol. The molecule has 3 nitrogen and oxygen atoms in total. The van der Waals surface area contributed by atoms with Crippen LogP contribution >= 0.6 is 22.9 Å². The summed E-state index contributed by atoms with van der Waals surface area (Å²) in [6.45, 7) is 5.68. The van der Waals surface area contributed by atoms with Crippen LogP contribution in [0.2, 0.25) is 5.02 Å². The number of hydrogen-bond acceptors (Lipinski definition) is 4. The molecule has 0 radical (unpaired) electrons. The first-order valence-corrected chi connectivity index (χ1v) is 8.22. The molecule has 0 spiro atoms. The summed E-state index contributed by atoms with van der Waals surface area (Å²) in [6, 6.07) is 8.39. The number of halogens is 1. The molecule has 21 heavy (non-hydrogen) atoms. The number of methoxy groups -OCH3 is 1. The number of hydrogen-bond donors (Lipinski definition) is 1. The highest BCUT2D eigenvalue weighted by molar-refractivity contribution is 7.11. The molecule has 1 aromatic carbocycles. The van der Waals surface area contributed by atoms with Gasteiger partial charge in [-0.2, -0.15) is 0 Å². The van der Waals surface area contributed by atoms with Gasteiger partial charge < -0.3 is 10.1 Å². The van der Waals surface area contributed by atoms with E-state index in [1.54, 1.807) is 18.4 Å². The van der Waals surface area contributed by atoms with Gasteiger partial charge >= 0.3 is 0 Å². The van der Waals surface area contributed by atoms with Crippen molar-refractivity contribution in [2.75, 3.05) is 7.11 Å². The molecule has 0 atom stereocenters. The van der Waals surface area contributed by atoms with E-state index in [0.717, 1.165) is 28.7 Å². The molecule has 0 saturated heterocycles. The molecule has 0 unspecified atom stereocenters. The summed E-state index contributed by atoms with van der Waals surface area (Å²) in [5.41, 5.74) is 2.22. The van der Waals surface area contributed by atoms with Gasteiger partial charge in [-0.3, -0.25) is 0 Å². The van der Waals surface area contributed by atoms with Crippen LogP contribution in [0.15, 0.2) is 24.3 Å². The molecule has 0 fully saturated rings. The number of nitrogens with one attached hydrogen (secondary N) is 1. The molecule has 1 N–H and O–H groups in total. The lowest BCUT2D eigenvalue weighted by Crippen LogP contribution is -2.21. The SMILES string of the molecule is COCc1nc(Cc2cccc(Cl)c2)sc1CNC(C)C. The number of thiazole rings is 1. The Bertz CT molecular complexity index is 583. The third-order valence-electron chi connectivity index (χ3n) is 3.02. The van der Waals surface area contributed by atoms with Crippen LogP contribution in [0.25, 0.3) is 0 Å². The van der Waals surface area contributed by atoms with E-state index in [4.69, 9.17) is 21.3 Å². The first kappa shape index (κ1) is 16.4. The monoisotopic (exact) mass is 324 g/mol. The fourth-order valence-electron chi connectivity index (χ4n) is 2.02. The summed E-state index contributed by atoms with van der Waals surface area (Å²) in [6.07, 6.45) is 0.809. The lowest BCUT2D eigenvalue weighted by Gasteiger charge is -2.07. The number of aromatic nitrogens is 1. The summed E-state index contributed by atoms with van der Waals surface area (Å²) in [5, 5.41) is 5.31. The molecule has 0 bridgehead atoms. The second kappa shape index (κ2) is 7.90. The molecule has 0 amide bonds. The molecule has 2 aromatic rings. The van der Waals surface area contributed by atoms with Gasteiger partial charge in [-0.15, -0.1) is 11.3 Å². The predicted octanol–water partition coefficient (Wildman–Crippen LogP) is 4.03. The fraction of sp³-hybridized carbons (Fsp3) is 0.438. The van der Waals surface area contributed by atoms with Crippen LogP contribution in [-0.2, 0) is 24.3 Å².